The van der Waals surface area contributed by atoms with E-state index in [4.69, 9.17) is 0 Å². The van der Waals surface area contributed by atoms with Crippen LogP contribution in [0.3, 0.4) is 0 Å². The molecule has 4 nitrogen and oxygen atoms in total. The molecule has 0 aromatic heterocycles. The first-order valence-electron chi connectivity index (χ1n) is 7.02. The summed E-state index contributed by atoms with van der Waals surface area (Å²) in [5.41, 5.74) is 0. The number of nitrogens with zero attached hydrogens (tertiary/aromatic N) is 2. The maximum Gasteiger partial charge on any atom is 0.239 e. The first-order chi connectivity index (χ1) is 8.26. The summed E-state index contributed by atoms with van der Waals surface area (Å²) >= 11 is 0. The van der Waals surface area contributed by atoms with Gasteiger partial charge < -0.3 is 10.2 Å². The Morgan fingerprint density at radius 1 is 1.35 bits per heavy atom. The van der Waals surface area contributed by atoms with Gasteiger partial charge in [0.15, 0.2) is 0 Å². The number of carbonyl (C=O) groups excluding carboxylic acids is 1. The minimum absolute atomic E-state index is 0.0796. The highest BCUT2D eigenvalue weighted by Gasteiger charge is 2.32. The third kappa shape index (κ3) is 3.19. The summed E-state index contributed by atoms with van der Waals surface area (Å²) in [6.45, 7) is 9.15. The molecule has 0 spiro atoms. The Morgan fingerprint density at radius 2 is 2.12 bits per heavy atom. The predicted octanol–water partition coefficient (Wildman–Crippen LogP) is 0.681. The van der Waals surface area contributed by atoms with Crippen LogP contribution < -0.4 is 5.32 Å². The van der Waals surface area contributed by atoms with E-state index in [1.54, 1.807) is 0 Å². The fourth-order valence-electron chi connectivity index (χ4n) is 2.68. The molecule has 0 radical (unpaired) electrons. The van der Waals surface area contributed by atoms with E-state index in [1.165, 1.54) is 12.8 Å². The average molecular weight is 239 g/mol. The zero-order chi connectivity index (χ0) is 12.3. The summed E-state index contributed by atoms with van der Waals surface area (Å²) in [4.78, 5) is 16.6. The largest absolute Gasteiger partial charge is 0.340 e. The van der Waals surface area contributed by atoms with Crippen molar-refractivity contribution >= 4 is 5.91 Å². The molecular formula is C13H25N3O. The average Bonchev–Trinajstić information content (AvgIpc) is 3.10. The minimum atomic E-state index is 0.0796. The molecular weight excluding hydrogens is 214 g/mol. The van der Waals surface area contributed by atoms with E-state index in [0.29, 0.717) is 5.91 Å². The second kappa shape index (κ2) is 5.83. The van der Waals surface area contributed by atoms with Crippen molar-refractivity contribution in [2.75, 3.05) is 32.7 Å². The van der Waals surface area contributed by atoms with Crippen LogP contribution >= 0.6 is 0 Å². The Balaban J connectivity index is 1.74. The van der Waals surface area contributed by atoms with Gasteiger partial charge in [-0.25, -0.2) is 0 Å². The quantitative estimate of drug-likeness (QED) is 0.710. The molecule has 0 aromatic carbocycles. The van der Waals surface area contributed by atoms with Crippen LogP contribution in [0.15, 0.2) is 0 Å². The van der Waals surface area contributed by atoms with Crippen molar-refractivity contribution < 1.29 is 4.79 Å². The van der Waals surface area contributed by atoms with Crippen LogP contribution in [0.5, 0.6) is 0 Å². The number of hydrogen-bond acceptors (Lipinski definition) is 3. The third-order valence-corrected chi connectivity index (χ3v) is 3.87. The fraction of sp³-hybridized carbons (Fsp3) is 0.923. The third-order valence-electron chi connectivity index (χ3n) is 3.87. The maximum atomic E-state index is 12.0. The molecule has 1 unspecified atom stereocenters. The van der Waals surface area contributed by atoms with E-state index in [-0.39, 0.29) is 6.04 Å². The second-order valence-electron chi connectivity index (χ2n) is 5.08. The van der Waals surface area contributed by atoms with Crippen molar-refractivity contribution in [3.8, 4) is 0 Å². The van der Waals surface area contributed by atoms with Gasteiger partial charge in [0, 0.05) is 25.7 Å². The summed E-state index contributed by atoms with van der Waals surface area (Å²) in [7, 11) is 0. The zero-order valence-electron chi connectivity index (χ0n) is 11.1. The van der Waals surface area contributed by atoms with Gasteiger partial charge in [0.2, 0.25) is 5.91 Å². The summed E-state index contributed by atoms with van der Waals surface area (Å²) < 4.78 is 0. The number of likely N-dealkylation sites (tertiary alicyclic amines) is 1. The zero-order valence-corrected chi connectivity index (χ0v) is 11.1. The number of likely N-dealkylation sites (N-methyl/N-ethyl adjacent to an activating group) is 2. The SMILES string of the molecule is CCNC1CCN(CCN(CC)C2CC2)C1=O. The van der Waals surface area contributed by atoms with Crippen molar-refractivity contribution in [2.45, 2.75) is 45.2 Å². The molecule has 2 fully saturated rings. The lowest BCUT2D eigenvalue weighted by molar-refractivity contribution is -0.129. The summed E-state index contributed by atoms with van der Waals surface area (Å²) in [6.07, 6.45) is 3.67. The van der Waals surface area contributed by atoms with Crippen LogP contribution in [-0.4, -0.2) is 60.5 Å². The molecule has 1 aliphatic carbocycles. The Hall–Kier alpha value is -0.610. The van der Waals surface area contributed by atoms with E-state index in [2.05, 4.69) is 24.1 Å². The number of amides is 1. The molecule has 17 heavy (non-hydrogen) atoms. The number of carbonyl (C=O) groups is 1. The fourth-order valence-corrected chi connectivity index (χ4v) is 2.68. The van der Waals surface area contributed by atoms with Gasteiger partial charge in [0.25, 0.3) is 0 Å². The highest BCUT2D eigenvalue weighted by atomic mass is 16.2. The Morgan fingerprint density at radius 3 is 2.71 bits per heavy atom. The van der Waals surface area contributed by atoms with E-state index < -0.39 is 0 Å². The van der Waals surface area contributed by atoms with Crippen molar-refractivity contribution in [3.63, 3.8) is 0 Å². The van der Waals surface area contributed by atoms with E-state index in [9.17, 15) is 4.79 Å². The Kier molecular flexibility index (Phi) is 4.40. The van der Waals surface area contributed by atoms with Gasteiger partial charge in [0.1, 0.15) is 0 Å². The van der Waals surface area contributed by atoms with Crippen LogP contribution in [-0.2, 0) is 4.79 Å². The molecule has 0 aromatic rings. The van der Waals surface area contributed by atoms with Crippen molar-refractivity contribution in [2.24, 2.45) is 0 Å². The molecule has 1 amide bonds. The van der Waals surface area contributed by atoms with Crippen LogP contribution in [0.4, 0.5) is 0 Å². The summed E-state index contributed by atoms with van der Waals surface area (Å²) in [5, 5.41) is 3.26. The van der Waals surface area contributed by atoms with Crippen molar-refractivity contribution in [1.82, 2.24) is 15.1 Å². The van der Waals surface area contributed by atoms with Gasteiger partial charge in [-0.15, -0.1) is 0 Å². The van der Waals surface area contributed by atoms with Gasteiger partial charge in [-0.05, 0) is 32.4 Å². The first-order valence-corrected chi connectivity index (χ1v) is 7.02. The molecule has 98 valence electrons. The van der Waals surface area contributed by atoms with E-state index in [1.807, 2.05) is 4.90 Å². The number of nitrogens with one attached hydrogen (secondary N) is 1. The molecule has 1 saturated heterocycles. The van der Waals surface area contributed by atoms with Gasteiger partial charge >= 0.3 is 0 Å². The maximum absolute atomic E-state index is 12.0. The standard InChI is InChI=1S/C13H25N3O/c1-3-14-12-7-8-16(13(12)17)10-9-15(4-2)11-5-6-11/h11-12,14H,3-10H2,1-2H3. The van der Waals surface area contributed by atoms with Crippen molar-refractivity contribution in [3.05, 3.63) is 0 Å². The highest BCUT2D eigenvalue weighted by molar-refractivity contribution is 5.83. The van der Waals surface area contributed by atoms with Crippen LogP contribution in [0, 0.1) is 0 Å². The van der Waals surface area contributed by atoms with Crippen LogP contribution in [0.25, 0.3) is 0 Å². The highest BCUT2D eigenvalue weighted by Crippen LogP contribution is 2.26. The molecule has 1 N–H and O–H groups in total. The van der Waals surface area contributed by atoms with Crippen molar-refractivity contribution in [1.29, 1.82) is 0 Å². The lowest BCUT2D eigenvalue weighted by Gasteiger charge is -2.24. The summed E-state index contributed by atoms with van der Waals surface area (Å²) in [6, 6.07) is 0.887. The van der Waals surface area contributed by atoms with Gasteiger partial charge in [-0.1, -0.05) is 13.8 Å². The minimum Gasteiger partial charge on any atom is -0.340 e. The molecule has 2 aliphatic rings. The first kappa shape index (κ1) is 12.8. The molecule has 1 heterocycles. The number of hydrogen-bond donors (Lipinski definition) is 1. The predicted molar refractivity (Wildman–Crippen MR) is 68.9 cm³/mol. The smallest absolute Gasteiger partial charge is 0.239 e. The van der Waals surface area contributed by atoms with Gasteiger partial charge in [0.05, 0.1) is 6.04 Å². The Labute approximate surface area is 104 Å². The van der Waals surface area contributed by atoms with Crippen LogP contribution in [0.1, 0.15) is 33.1 Å². The lowest BCUT2D eigenvalue weighted by Crippen LogP contribution is -2.41. The lowest BCUT2D eigenvalue weighted by atomic mass is 10.2. The van der Waals surface area contributed by atoms with E-state index >= 15 is 0 Å². The molecule has 2 rings (SSSR count). The monoisotopic (exact) mass is 239 g/mol. The number of rotatable bonds is 7. The molecule has 1 aliphatic heterocycles. The van der Waals surface area contributed by atoms with E-state index in [0.717, 1.165) is 45.2 Å². The summed E-state index contributed by atoms with van der Waals surface area (Å²) in [5.74, 6) is 0.304. The molecule has 0 bridgehead atoms. The molecule has 4 heteroatoms. The topological polar surface area (TPSA) is 35.6 Å². The Bertz CT molecular complexity index is 265. The van der Waals surface area contributed by atoms with Crippen LogP contribution in [0.2, 0.25) is 0 Å². The second-order valence-corrected chi connectivity index (χ2v) is 5.08. The van der Waals surface area contributed by atoms with Gasteiger partial charge in [-0.2, -0.15) is 0 Å². The van der Waals surface area contributed by atoms with Gasteiger partial charge in [-0.3, -0.25) is 9.69 Å². The normalized spacial score (nSPS) is 25.0. The molecule has 1 atom stereocenters. The molecule has 1 saturated carbocycles.